The van der Waals surface area contributed by atoms with Crippen LogP contribution in [-0.4, -0.2) is 38.8 Å². The second-order valence-corrected chi connectivity index (χ2v) is 6.26. The van der Waals surface area contributed by atoms with E-state index in [1.54, 1.807) is 12.2 Å². The van der Waals surface area contributed by atoms with Crippen molar-refractivity contribution in [3.63, 3.8) is 0 Å². The summed E-state index contributed by atoms with van der Waals surface area (Å²) in [7, 11) is 2.84. The molecule has 0 spiro atoms. The van der Waals surface area contributed by atoms with Gasteiger partial charge in [-0.2, -0.15) is 0 Å². The Morgan fingerprint density at radius 1 is 1.33 bits per heavy atom. The third-order valence-electron chi connectivity index (χ3n) is 3.98. The number of halogens is 1. The number of rotatable bonds is 7. The van der Waals surface area contributed by atoms with E-state index >= 15 is 0 Å². The number of benzene rings is 1. The predicted molar refractivity (Wildman–Crippen MR) is 104 cm³/mol. The number of alkyl halides is 1. The van der Waals surface area contributed by atoms with Crippen molar-refractivity contribution in [1.82, 2.24) is 5.32 Å². The number of hydrogen-bond donors (Lipinski definition) is 1. The molecule has 2 unspecified atom stereocenters. The van der Waals surface area contributed by atoms with Crippen LogP contribution in [-0.2, 0) is 20.9 Å². The van der Waals surface area contributed by atoms with Gasteiger partial charge in [0, 0.05) is 37.0 Å². The Bertz CT molecular complexity index is 790. The van der Waals surface area contributed by atoms with Gasteiger partial charge < -0.3 is 14.8 Å². The maximum Gasteiger partial charge on any atom is 0.219 e. The molecule has 0 heterocycles. The van der Waals surface area contributed by atoms with Gasteiger partial charge in [-0.15, -0.1) is 0 Å². The van der Waals surface area contributed by atoms with Crippen molar-refractivity contribution in [2.75, 3.05) is 13.7 Å². The second-order valence-electron chi connectivity index (χ2n) is 6.26. The molecular weight excluding hydrogens is 344 g/mol. The Kier molecular flexibility index (Phi) is 8.03. The summed E-state index contributed by atoms with van der Waals surface area (Å²) in [6.07, 6.45) is 4.62. The van der Waals surface area contributed by atoms with Crippen molar-refractivity contribution in [1.29, 1.82) is 0 Å². The third kappa shape index (κ3) is 6.88. The largest absolute Gasteiger partial charge is 0.385 e. The highest BCUT2D eigenvalue weighted by atomic mass is 19.1. The summed E-state index contributed by atoms with van der Waals surface area (Å²) in [4.78, 5) is 23.4. The standard InChI is InChI=1S/C21H22BFNO3/c1-15(25)22-19(14-27-2)21(26)24-13-17-9-7-16(8-10-17)11-12-18-5-3-4-6-20(18)23/h3-5,7-10,19-20H,6,13-14H2,1-2H3,(H,24,26). The van der Waals surface area contributed by atoms with E-state index in [1.165, 1.54) is 21.3 Å². The highest BCUT2D eigenvalue weighted by Gasteiger charge is 2.21. The maximum atomic E-state index is 13.7. The Morgan fingerprint density at radius 3 is 2.70 bits per heavy atom. The van der Waals surface area contributed by atoms with Crippen LogP contribution >= 0.6 is 0 Å². The van der Waals surface area contributed by atoms with Crippen LogP contribution in [0.4, 0.5) is 4.39 Å². The summed E-state index contributed by atoms with van der Waals surface area (Å²) in [6, 6.07) is 7.36. The molecule has 0 saturated heterocycles. The van der Waals surface area contributed by atoms with Crippen LogP contribution < -0.4 is 5.32 Å². The van der Waals surface area contributed by atoms with Gasteiger partial charge in [0.05, 0.1) is 12.3 Å². The van der Waals surface area contributed by atoms with Crippen molar-refractivity contribution in [3.05, 3.63) is 59.2 Å². The highest BCUT2D eigenvalue weighted by Crippen LogP contribution is 2.16. The van der Waals surface area contributed by atoms with Gasteiger partial charge in [-0.25, -0.2) is 4.39 Å². The maximum absolute atomic E-state index is 13.7. The quantitative estimate of drug-likeness (QED) is 0.596. The van der Waals surface area contributed by atoms with Gasteiger partial charge >= 0.3 is 0 Å². The van der Waals surface area contributed by atoms with E-state index in [1.807, 2.05) is 30.3 Å². The van der Waals surface area contributed by atoms with Crippen LogP contribution in [0, 0.1) is 11.8 Å². The van der Waals surface area contributed by atoms with Gasteiger partial charge in [-0.05, 0) is 30.7 Å². The molecule has 4 nitrogen and oxygen atoms in total. The lowest BCUT2D eigenvalue weighted by molar-refractivity contribution is -0.122. The molecule has 2 atom stereocenters. The van der Waals surface area contributed by atoms with Gasteiger partial charge in [0.15, 0.2) is 0 Å². The Hall–Kier alpha value is -2.65. The molecule has 1 amide bonds. The summed E-state index contributed by atoms with van der Waals surface area (Å²) in [5.41, 5.74) is 1.99. The molecule has 0 aromatic heterocycles. The zero-order chi connectivity index (χ0) is 19.6. The molecule has 1 aliphatic carbocycles. The van der Waals surface area contributed by atoms with Crippen LogP contribution in [0.3, 0.4) is 0 Å². The van der Waals surface area contributed by atoms with Gasteiger partial charge in [0.2, 0.25) is 13.2 Å². The fraction of sp³-hybridized carbons (Fsp3) is 0.333. The summed E-state index contributed by atoms with van der Waals surface area (Å²) in [5, 5.41) is 2.79. The molecule has 0 fully saturated rings. The Labute approximate surface area is 160 Å². The molecule has 0 saturated carbocycles. The van der Waals surface area contributed by atoms with Crippen molar-refractivity contribution in [2.24, 2.45) is 0 Å². The molecule has 27 heavy (non-hydrogen) atoms. The van der Waals surface area contributed by atoms with Gasteiger partial charge in [0.25, 0.3) is 0 Å². The van der Waals surface area contributed by atoms with E-state index in [0.717, 1.165) is 11.1 Å². The SMILES string of the molecule is COCC([B]C(C)=O)C(=O)NCc1ccc(C#CC2=CC=CCC2F)cc1. The van der Waals surface area contributed by atoms with Crippen molar-refractivity contribution in [2.45, 2.75) is 31.9 Å². The second kappa shape index (κ2) is 10.5. The molecule has 139 valence electrons. The van der Waals surface area contributed by atoms with Crippen LogP contribution in [0.5, 0.6) is 0 Å². The monoisotopic (exact) mass is 366 g/mol. The zero-order valence-corrected chi connectivity index (χ0v) is 15.5. The number of nitrogens with one attached hydrogen (secondary N) is 1. The summed E-state index contributed by atoms with van der Waals surface area (Å²) in [6.45, 7) is 1.89. The lowest BCUT2D eigenvalue weighted by atomic mass is 9.61. The van der Waals surface area contributed by atoms with Crippen molar-refractivity contribution in [3.8, 4) is 11.8 Å². The van der Waals surface area contributed by atoms with E-state index < -0.39 is 12.0 Å². The van der Waals surface area contributed by atoms with E-state index in [4.69, 9.17) is 4.74 Å². The zero-order valence-electron chi connectivity index (χ0n) is 15.5. The number of amides is 1. The van der Waals surface area contributed by atoms with Gasteiger partial charge in [-0.3, -0.25) is 4.79 Å². The molecule has 1 aromatic carbocycles. The number of methoxy groups -OCH3 is 1. The molecule has 2 rings (SSSR count). The first kappa shape index (κ1) is 20.7. The number of carbonyl (C=O) groups excluding carboxylic acids is 2. The summed E-state index contributed by atoms with van der Waals surface area (Å²) >= 11 is 0. The molecule has 1 aliphatic rings. The number of ether oxygens (including phenoxy) is 1. The minimum Gasteiger partial charge on any atom is -0.385 e. The van der Waals surface area contributed by atoms with Crippen LogP contribution in [0.1, 0.15) is 24.5 Å². The summed E-state index contributed by atoms with van der Waals surface area (Å²) < 4.78 is 18.7. The van der Waals surface area contributed by atoms with Crippen LogP contribution in [0.15, 0.2) is 48.1 Å². The minimum atomic E-state index is -1.04. The molecular formula is C21H22BFNO3. The molecule has 1 radical (unpaired) electrons. The average molecular weight is 366 g/mol. The molecule has 6 heteroatoms. The average Bonchev–Trinajstić information content (AvgIpc) is 2.65. The van der Waals surface area contributed by atoms with Crippen molar-refractivity contribution >= 4 is 18.9 Å². The van der Waals surface area contributed by atoms with E-state index in [2.05, 4.69) is 17.2 Å². The first-order valence-corrected chi connectivity index (χ1v) is 8.73. The van der Waals surface area contributed by atoms with E-state index in [0.29, 0.717) is 18.5 Å². The smallest absolute Gasteiger partial charge is 0.219 e. The number of allylic oxidation sites excluding steroid dienone is 4. The predicted octanol–water partition coefficient (Wildman–Crippen LogP) is 2.56. The fourth-order valence-electron chi connectivity index (χ4n) is 2.55. The topological polar surface area (TPSA) is 55.4 Å². The Balaban J connectivity index is 1.92. The van der Waals surface area contributed by atoms with Crippen molar-refractivity contribution < 1.29 is 18.7 Å². The van der Waals surface area contributed by atoms with E-state index in [9.17, 15) is 14.0 Å². The number of hydrogen-bond acceptors (Lipinski definition) is 3. The van der Waals surface area contributed by atoms with Crippen LogP contribution in [0.2, 0.25) is 5.82 Å². The highest BCUT2D eigenvalue weighted by molar-refractivity contribution is 6.77. The Morgan fingerprint density at radius 2 is 2.07 bits per heavy atom. The third-order valence-corrected chi connectivity index (χ3v) is 3.98. The van der Waals surface area contributed by atoms with Gasteiger partial charge in [0.1, 0.15) is 6.17 Å². The molecule has 1 N–H and O–H groups in total. The van der Waals surface area contributed by atoms with Crippen LogP contribution in [0.25, 0.3) is 0 Å². The lowest BCUT2D eigenvalue weighted by Crippen LogP contribution is -2.34. The van der Waals surface area contributed by atoms with Gasteiger partial charge in [-0.1, -0.05) is 36.1 Å². The fourth-order valence-corrected chi connectivity index (χ4v) is 2.55. The molecule has 1 aromatic rings. The normalized spacial score (nSPS) is 16.6. The summed E-state index contributed by atoms with van der Waals surface area (Å²) in [5.74, 6) is 4.96. The first-order valence-electron chi connectivity index (χ1n) is 8.73. The molecule has 0 aliphatic heterocycles. The first-order chi connectivity index (χ1) is 13.0. The minimum absolute atomic E-state index is 0.153. The van der Waals surface area contributed by atoms with E-state index in [-0.39, 0.29) is 18.2 Å². The molecule has 0 bridgehead atoms. The number of carbonyl (C=O) groups is 2. The lowest BCUT2D eigenvalue weighted by Gasteiger charge is -2.14.